The fourth-order valence-electron chi connectivity index (χ4n) is 5.24. The molecule has 180 valence electrons. The van der Waals surface area contributed by atoms with Gasteiger partial charge in [0.05, 0.1) is 0 Å². The van der Waals surface area contributed by atoms with Gasteiger partial charge in [0.25, 0.3) is 0 Å². The van der Waals surface area contributed by atoms with Crippen molar-refractivity contribution in [3.8, 4) is 22.5 Å². The molecule has 38 heavy (non-hydrogen) atoms. The maximum absolute atomic E-state index is 6.20. The van der Waals surface area contributed by atoms with Gasteiger partial charge in [-0.1, -0.05) is 103 Å². The molecule has 0 aliphatic rings. The Morgan fingerprint density at radius 3 is 1.84 bits per heavy atom. The zero-order chi connectivity index (χ0) is 25.3. The average Bonchev–Trinajstić information content (AvgIpc) is 3.43. The molecule has 0 saturated heterocycles. The molecule has 2 heteroatoms. The highest BCUT2D eigenvalue weighted by molar-refractivity contribution is 5.97. The van der Waals surface area contributed by atoms with E-state index in [-0.39, 0.29) is 0 Å². The van der Waals surface area contributed by atoms with Gasteiger partial charge in [0.2, 0.25) is 0 Å². The van der Waals surface area contributed by atoms with Crippen molar-refractivity contribution in [2.24, 2.45) is 0 Å². The van der Waals surface area contributed by atoms with Crippen LogP contribution in [0.1, 0.15) is 0 Å². The minimum Gasteiger partial charge on any atom is -0.456 e. The van der Waals surface area contributed by atoms with E-state index >= 15 is 0 Å². The van der Waals surface area contributed by atoms with Crippen molar-refractivity contribution in [3.05, 3.63) is 152 Å². The second kappa shape index (κ2) is 9.42. The van der Waals surface area contributed by atoms with Gasteiger partial charge in [0.15, 0.2) is 0 Å². The van der Waals surface area contributed by atoms with Crippen LogP contribution in [0.25, 0.3) is 44.2 Å². The van der Waals surface area contributed by atoms with E-state index in [1.54, 1.807) is 0 Å². The molecular weight excluding hydrogens is 462 g/mol. The molecule has 7 rings (SSSR count). The fraction of sp³-hybridized carbons (Fsp3) is 0. The van der Waals surface area contributed by atoms with E-state index in [0.29, 0.717) is 0 Å². The smallest absolute Gasteiger partial charge is 0.135 e. The molecule has 1 heterocycles. The first-order chi connectivity index (χ1) is 18.8. The van der Waals surface area contributed by atoms with Crippen molar-refractivity contribution in [2.45, 2.75) is 0 Å². The summed E-state index contributed by atoms with van der Waals surface area (Å²) in [6.45, 7) is 0. The molecule has 0 N–H and O–H groups in total. The number of nitrogens with zero attached hydrogens (tertiary/aromatic N) is 1. The van der Waals surface area contributed by atoms with E-state index in [4.69, 9.17) is 4.42 Å². The summed E-state index contributed by atoms with van der Waals surface area (Å²) >= 11 is 0. The molecular formula is C36H25NO. The van der Waals surface area contributed by atoms with Gasteiger partial charge in [0.1, 0.15) is 11.3 Å². The normalized spacial score (nSPS) is 11.2. The molecule has 0 amide bonds. The molecule has 6 aromatic carbocycles. The van der Waals surface area contributed by atoms with Gasteiger partial charge in [-0.3, -0.25) is 0 Å². The largest absolute Gasteiger partial charge is 0.456 e. The number of furan rings is 1. The molecule has 0 atom stereocenters. The Kier molecular flexibility index (Phi) is 5.49. The zero-order valence-corrected chi connectivity index (χ0v) is 20.8. The van der Waals surface area contributed by atoms with Gasteiger partial charge in [-0.2, -0.15) is 0 Å². The van der Waals surface area contributed by atoms with Gasteiger partial charge < -0.3 is 9.32 Å². The lowest BCUT2D eigenvalue weighted by Crippen LogP contribution is -2.10. The molecule has 0 spiro atoms. The summed E-state index contributed by atoms with van der Waals surface area (Å²) in [5.74, 6) is 0.866. The summed E-state index contributed by atoms with van der Waals surface area (Å²) in [6, 6.07) is 53.2. The van der Waals surface area contributed by atoms with Crippen molar-refractivity contribution in [2.75, 3.05) is 4.90 Å². The van der Waals surface area contributed by atoms with E-state index in [1.165, 1.54) is 21.9 Å². The highest BCUT2D eigenvalue weighted by Crippen LogP contribution is 2.39. The summed E-state index contributed by atoms with van der Waals surface area (Å²) in [4.78, 5) is 2.31. The quantitative estimate of drug-likeness (QED) is 0.240. The Labute approximate surface area is 222 Å². The number of fused-ring (bicyclic) bond motifs is 2. The first-order valence-corrected chi connectivity index (χ1v) is 12.9. The fourth-order valence-corrected chi connectivity index (χ4v) is 5.24. The van der Waals surface area contributed by atoms with Crippen LogP contribution in [0.3, 0.4) is 0 Å². The molecule has 7 aromatic rings. The molecule has 0 fully saturated rings. The van der Waals surface area contributed by atoms with Gasteiger partial charge in [-0.05, 0) is 70.4 Å². The van der Waals surface area contributed by atoms with Crippen LogP contribution in [0.15, 0.2) is 156 Å². The van der Waals surface area contributed by atoms with Crippen molar-refractivity contribution in [1.29, 1.82) is 0 Å². The zero-order valence-electron chi connectivity index (χ0n) is 20.8. The van der Waals surface area contributed by atoms with Gasteiger partial charge in [0, 0.05) is 28.0 Å². The monoisotopic (exact) mass is 487 g/mol. The lowest BCUT2D eigenvalue weighted by atomic mass is 9.97. The third-order valence-electron chi connectivity index (χ3n) is 7.03. The van der Waals surface area contributed by atoms with Gasteiger partial charge in [-0.15, -0.1) is 0 Å². The minimum absolute atomic E-state index is 0.866. The van der Waals surface area contributed by atoms with E-state index in [0.717, 1.165) is 39.4 Å². The molecule has 0 bridgehead atoms. The van der Waals surface area contributed by atoms with Crippen molar-refractivity contribution in [1.82, 2.24) is 0 Å². The topological polar surface area (TPSA) is 16.4 Å². The van der Waals surface area contributed by atoms with Crippen molar-refractivity contribution < 1.29 is 4.42 Å². The number of rotatable bonds is 5. The standard InChI is InChI=1S/C36H25NO/c1-2-16-30(17-3-1)37(32-19-9-15-28(24-32)36-25-29-12-5-7-22-35(29)38-36)31-18-8-14-27(23-31)34-21-10-13-26-11-4-6-20-33(26)34/h1-25H. The average molecular weight is 488 g/mol. The van der Waals surface area contributed by atoms with Crippen LogP contribution in [-0.4, -0.2) is 0 Å². The highest BCUT2D eigenvalue weighted by Gasteiger charge is 2.15. The third kappa shape index (κ3) is 4.03. The third-order valence-corrected chi connectivity index (χ3v) is 7.03. The predicted octanol–water partition coefficient (Wildman–Crippen LogP) is 10.4. The first-order valence-electron chi connectivity index (χ1n) is 12.9. The van der Waals surface area contributed by atoms with Crippen LogP contribution in [0, 0.1) is 0 Å². The Bertz CT molecular complexity index is 1840. The molecule has 0 unspecified atom stereocenters. The molecule has 0 aliphatic carbocycles. The van der Waals surface area contributed by atoms with Crippen molar-refractivity contribution in [3.63, 3.8) is 0 Å². The Morgan fingerprint density at radius 1 is 0.421 bits per heavy atom. The molecule has 2 nitrogen and oxygen atoms in total. The molecule has 0 radical (unpaired) electrons. The number of hydrogen-bond donors (Lipinski definition) is 0. The highest BCUT2D eigenvalue weighted by atomic mass is 16.3. The summed E-state index contributed by atoms with van der Waals surface area (Å²) in [7, 11) is 0. The predicted molar refractivity (Wildman–Crippen MR) is 159 cm³/mol. The summed E-state index contributed by atoms with van der Waals surface area (Å²) in [5.41, 5.74) is 7.64. The van der Waals surface area contributed by atoms with Crippen LogP contribution in [0.5, 0.6) is 0 Å². The number of para-hydroxylation sites is 2. The van der Waals surface area contributed by atoms with Gasteiger partial charge >= 0.3 is 0 Å². The summed E-state index contributed by atoms with van der Waals surface area (Å²) < 4.78 is 6.20. The minimum atomic E-state index is 0.866. The van der Waals surface area contributed by atoms with Crippen LogP contribution in [0.2, 0.25) is 0 Å². The maximum atomic E-state index is 6.20. The van der Waals surface area contributed by atoms with E-state index in [1.807, 2.05) is 18.2 Å². The Morgan fingerprint density at radius 2 is 1.03 bits per heavy atom. The molecule has 1 aromatic heterocycles. The van der Waals surface area contributed by atoms with Crippen LogP contribution in [0.4, 0.5) is 17.1 Å². The second-order valence-electron chi connectivity index (χ2n) is 9.45. The Balaban J connectivity index is 1.37. The van der Waals surface area contributed by atoms with E-state index in [2.05, 4.69) is 138 Å². The maximum Gasteiger partial charge on any atom is 0.135 e. The number of hydrogen-bond acceptors (Lipinski definition) is 2. The number of anilines is 3. The summed E-state index contributed by atoms with van der Waals surface area (Å²) in [5, 5.41) is 3.61. The first kappa shape index (κ1) is 22.1. The van der Waals surface area contributed by atoms with E-state index in [9.17, 15) is 0 Å². The Hall–Kier alpha value is -5.08. The van der Waals surface area contributed by atoms with Crippen molar-refractivity contribution >= 4 is 38.8 Å². The SMILES string of the molecule is c1ccc(N(c2cccc(-c3cc4ccccc4o3)c2)c2cccc(-c3cccc4ccccc34)c2)cc1. The van der Waals surface area contributed by atoms with Crippen LogP contribution in [-0.2, 0) is 0 Å². The van der Waals surface area contributed by atoms with E-state index < -0.39 is 0 Å². The van der Waals surface area contributed by atoms with Crippen LogP contribution < -0.4 is 4.90 Å². The number of benzene rings is 6. The lowest BCUT2D eigenvalue weighted by molar-refractivity contribution is 0.631. The van der Waals surface area contributed by atoms with Gasteiger partial charge in [-0.25, -0.2) is 0 Å². The molecule has 0 aliphatic heterocycles. The molecule has 0 saturated carbocycles. The second-order valence-corrected chi connectivity index (χ2v) is 9.45. The lowest BCUT2D eigenvalue weighted by Gasteiger charge is -2.26. The van der Waals surface area contributed by atoms with Crippen LogP contribution >= 0.6 is 0 Å². The summed E-state index contributed by atoms with van der Waals surface area (Å²) in [6.07, 6.45) is 0.